The number of nitrogens with one attached hydrogen (secondary N) is 1. The molecule has 2 aromatic rings. The average molecular weight is 300 g/mol. The fourth-order valence-corrected chi connectivity index (χ4v) is 2.03. The Morgan fingerprint density at radius 2 is 1.73 bits per heavy atom. The Balaban J connectivity index is 2.21. The van der Waals surface area contributed by atoms with Gasteiger partial charge in [-0.1, -0.05) is 12.1 Å². The second kappa shape index (κ2) is 7.36. The highest BCUT2D eigenvalue weighted by atomic mass is 16.5. The van der Waals surface area contributed by atoms with Crippen LogP contribution in [-0.4, -0.2) is 19.1 Å². The van der Waals surface area contributed by atoms with Gasteiger partial charge in [0.2, 0.25) is 0 Å². The van der Waals surface area contributed by atoms with Crippen molar-refractivity contribution in [3.63, 3.8) is 0 Å². The lowest BCUT2D eigenvalue weighted by atomic mass is 10.1. The summed E-state index contributed by atoms with van der Waals surface area (Å²) in [6, 6.07) is 12.2. The van der Waals surface area contributed by atoms with Crippen molar-refractivity contribution in [3.05, 3.63) is 48.0 Å². The van der Waals surface area contributed by atoms with E-state index >= 15 is 0 Å². The number of ether oxygens (including phenoxy) is 2. The van der Waals surface area contributed by atoms with Crippen LogP contribution in [0.3, 0.4) is 0 Å². The Morgan fingerprint density at radius 1 is 1.05 bits per heavy atom. The second-order valence-corrected chi connectivity index (χ2v) is 4.57. The lowest BCUT2D eigenvalue weighted by molar-refractivity contribution is 0.102. The highest BCUT2D eigenvalue weighted by Gasteiger charge is 2.11. The molecule has 0 aliphatic heterocycles. The van der Waals surface area contributed by atoms with Crippen molar-refractivity contribution >= 4 is 17.3 Å². The summed E-state index contributed by atoms with van der Waals surface area (Å²) < 4.78 is 11.0. The van der Waals surface area contributed by atoms with Crippen molar-refractivity contribution in [2.75, 3.05) is 24.3 Å². The zero-order valence-corrected chi connectivity index (χ0v) is 12.8. The molecule has 2 rings (SSSR count). The summed E-state index contributed by atoms with van der Waals surface area (Å²) in [5, 5.41) is 2.81. The number of nitrogens with two attached hydrogens (primary N) is 1. The molecule has 116 valence electrons. The van der Waals surface area contributed by atoms with Crippen LogP contribution in [0.25, 0.3) is 0 Å². The van der Waals surface area contributed by atoms with Gasteiger partial charge in [0.1, 0.15) is 0 Å². The molecule has 22 heavy (non-hydrogen) atoms. The van der Waals surface area contributed by atoms with Crippen LogP contribution < -0.4 is 20.5 Å². The van der Waals surface area contributed by atoms with Gasteiger partial charge in [-0.3, -0.25) is 4.79 Å². The third-order valence-corrected chi connectivity index (χ3v) is 3.01. The van der Waals surface area contributed by atoms with E-state index in [1.54, 1.807) is 42.5 Å². The highest BCUT2D eigenvalue weighted by Crippen LogP contribution is 2.31. The number of para-hydroxylation sites is 1. The van der Waals surface area contributed by atoms with Crippen molar-refractivity contribution < 1.29 is 14.3 Å². The lowest BCUT2D eigenvalue weighted by Gasteiger charge is -2.13. The SMILES string of the molecule is CCOc1ccc(NC(=O)c2ccccc2N)cc1OCC. The Hall–Kier alpha value is -2.69. The number of carbonyl (C=O) groups excluding carboxylic acids is 1. The molecular formula is C17H20N2O3. The van der Waals surface area contributed by atoms with Crippen molar-refractivity contribution in [3.8, 4) is 11.5 Å². The molecule has 0 radical (unpaired) electrons. The van der Waals surface area contributed by atoms with Gasteiger partial charge in [-0.15, -0.1) is 0 Å². The standard InChI is InChI=1S/C17H20N2O3/c1-3-21-15-10-9-12(11-16(15)22-4-2)19-17(20)13-7-5-6-8-14(13)18/h5-11H,3-4,18H2,1-2H3,(H,19,20). The van der Waals surface area contributed by atoms with E-state index in [-0.39, 0.29) is 5.91 Å². The van der Waals surface area contributed by atoms with E-state index in [9.17, 15) is 4.79 Å². The van der Waals surface area contributed by atoms with Gasteiger partial charge < -0.3 is 20.5 Å². The molecule has 1 amide bonds. The van der Waals surface area contributed by atoms with Gasteiger partial charge in [0.05, 0.1) is 18.8 Å². The number of rotatable bonds is 6. The molecule has 0 fully saturated rings. The number of anilines is 2. The fraction of sp³-hybridized carbons (Fsp3) is 0.235. The molecule has 0 aliphatic carbocycles. The zero-order chi connectivity index (χ0) is 15.9. The normalized spacial score (nSPS) is 10.1. The van der Waals surface area contributed by atoms with E-state index in [0.29, 0.717) is 41.7 Å². The molecule has 5 heteroatoms. The van der Waals surface area contributed by atoms with Crippen LogP contribution in [0, 0.1) is 0 Å². The zero-order valence-electron chi connectivity index (χ0n) is 12.8. The van der Waals surface area contributed by atoms with Gasteiger partial charge in [0.25, 0.3) is 5.91 Å². The van der Waals surface area contributed by atoms with Crippen LogP contribution in [0.1, 0.15) is 24.2 Å². The van der Waals surface area contributed by atoms with Crippen molar-refractivity contribution in [2.45, 2.75) is 13.8 Å². The summed E-state index contributed by atoms with van der Waals surface area (Å²) in [4.78, 5) is 12.3. The van der Waals surface area contributed by atoms with Crippen molar-refractivity contribution in [1.29, 1.82) is 0 Å². The van der Waals surface area contributed by atoms with Gasteiger partial charge in [-0.2, -0.15) is 0 Å². The summed E-state index contributed by atoms with van der Waals surface area (Å²) in [6.07, 6.45) is 0. The average Bonchev–Trinajstić information content (AvgIpc) is 2.50. The topological polar surface area (TPSA) is 73.6 Å². The molecule has 0 aromatic heterocycles. The summed E-state index contributed by atoms with van der Waals surface area (Å²) in [5.41, 5.74) is 7.32. The maximum absolute atomic E-state index is 12.3. The van der Waals surface area contributed by atoms with Gasteiger partial charge in [0, 0.05) is 17.4 Å². The first-order valence-electron chi connectivity index (χ1n) is 7.21. The van der Waals surface area contributed by atoms with E-state index < -0.39 is 0 Å². The largest absolute Gasteiger partial charge is 0.490 e. The Morgan fingerprint density at radius 3 is 2.41 bits per heavy atom. The molecule has 3 N–H and O–H groups in total. The number of hydrogen-bond acceptors (Lipinski definition) is 4. The number of hydrogen-bond donors (Lipinski definition) is 2. The van der Waals surface area contributed by atoms with Crippen LogP contribution in [0.15, 0.2) is 42.5 Å². The van der Waals surface area contributed by atoms with Crippen molar-refractivity contribution in [2.24, 2.45) is 0 Å². The number of nitrogen functional groups attached to an aromatic ring is 1. The minimum Gasteiger partial charge on any atom is -0.490 e. The van der Waals surface area contributed by atoms with Crippen LogP contribution in [-0.2, 0) is 0 Å². The Kier molecular flexibility index (Phi) is 5.25. The summed E-state index contributed by atoms with van der Waals surface area (Å²) in [5.74, 6) is 0.995. The van der Waals surface area contributed by atoms with Crippen LogP contribution in [0.2, 0.25) is 0 Å². The van der Waals surface area contributed by atoms with Gasteiger partial charge >= 0.3 is 0 Å². The first kappa shape index (κ1) is 15.7. The van der Waals surface area contributed by atoms with E-state index in [0.717, 1.165) is 0 Å². The van der Waals surface area contributed by atoms with E-state index in [4.69, 9.17) is 15.2 Å². The molecule has 0 spiro atoms. The minimum absolute atomic E-state index is 0.260. The predicted octanol–water partition coefficient (Wildman–Crippen LogP) is 3.32. The van der Waals surface area contributed by atoms with Crippen LogP contribution >= 0.6 is 0 Å². The molecule has 5 nitrogen and oxygen atoms in total. The lowest BCUT2D eigenvalue weighted by Crippen LogP contribution is -2.14. The molecule has 0 saturated heterocycles. The summed E-state index contributed by atoms with van der Waals surface area (Å²) in [6.45, 7) is 4.87. The molecule has 0 heterocycles. The molecule has 0 unspecified atom stereocenters. The summed E-state index contributed by atoms with van der Waals surface area (Å²) in [7, 11) is 0. The van der Waals surface area contributed by atoms with E-state index in [2.05, 4.69) is 5.32 Å². The molecule has 0 bridgehead atoms. The fourth-order valence-electron chi connectivity index (χ4n) is 2.03. The third kappa shape index (κ3) is 3.69. The number of carbonyl (C=O) groups is 1. The first-order chi connectivity index (χ1) is 10.7. The quantitative estimate of drug-likeness (QED) is 0.803. The first-order valence-corrected chi connectivity index (χ1v) is 7.21. The third-order valence-electron chi connectivity index (χ3n) is 3.01. The number of amides is 1. The Bertz CT molecular complexity index is 656. The summed E-state index contributed by atoms with van der Waals surface area (Å²) >= 11 is 0. The molecule has 0 atom stereocenters. The minimum atomic E-state index is -0.260. The molecule has 0 saturated carbocycles. The molecular weight excluding hydrogens is 280 g/mol. The maximum Gasteiger partial charge on any atom is 0.257 e. The van der Waals surface area contributed by atoms with Crippen LogP contribution in [0.5, 0.6) is 11.5 Å². The maximum atomic E-state index is 12.3. The van der Waals surface area contributed by atoms with Crippen molar-refractivity contribution in [1.82, 2.24) is 0 Å². The Labute approximate surface area is 130 Å². The van der Waals surface area contributed by atoms with Gasteiger partial charge in [0.15, 0.2) is 11.5 Å². The predicted molar refractivity (Wildman–Crippen MR) is 87.6 cm³/mol. The number of benzene rings is 2. The van der Waals surface area contributed by atoms with Gasteiger partial charge in [-0.05, 0) is 38.1 Å². The smallest absolute Gasteiger partial charge is 0.257 e. The van der Waals surface area contributed by atoms with E-state index in [1.807, 2.05) is 13.8 Å². The highest BCUT2D eigenvalue weighted by molar-refractivity contribution is 6.07. The molecule has 2 aromatic carbocycles. The molecule has 0 aliphatic rings. The monoisotopic (exact) mass is 300 g/mol. The van der Waals surface area contributed by atoms with E-state index in [1.165, 1.54) is 0 Å². The van der Waals surface area contributed by atoms with Crippen LogP contribution in [0.4, 0.5) is 11.4 Å². The van der Waals surface area contributed by atoms with Gasteiger partial charge in [-0.25, -0.2) is 0 Å². The second-order valence-electron chi connectivity index (χ2n) is 4.57.